The van der Waals surface area contributed by atoms with E-state index in [1.54, 1.807) is 18.3 Å². The second-order valence-corrected chi connectivity index (χ2v) is 4.17. The highest BCUT2D eigenvalue weighted by molar-refractivity contribution is 5.87. The van der Waals surface area contributed by atoms with E-state index in [1.807, 2.05) is 6.07 Å². The second kappa shape index (κ2) is 6.51. The Bertz CT molecular complexity index is 464. The SMILES string of the molecule is CC(=O)C(CCC#N)(CCC#N)c1ccccn1. The summed E-state index contributed by atoms with van der Waals surface area (Å²) in [4.78, 5) is 16.3. The number of nitriles is 2. The van der Waals surface area contributed by atoms with Gasteiger partial charge in [0.2, 0.25) is 0 Å². The van der Waals surface area contributed by atoms with Crippen LogP contribution in [0.15, 0.2) is 24.4 Å². The minimum absolute atomic E-state index is 0.0355. The second-order valence-electron chi connectivity index (χ2n) is 4.17. The first kappa shape index (κ1) is 13.9. The number of rotatable bonds is 6. The van der Waals surface area contributed by atoms with E-state index in [4.69, 9.17) is 10.5 Å². The molecule has 0 bridgehead atoms. The van der Waals surface area contributed by atoms with E-state index in [0.29, 0.717) is 18.5 Å². The minimum atomic E-state index is -0.799. The lowest BCUT2D eigenvalue weighted by Gasteiger charge is -2.29. The summed E-state index contributed by atoms with van der Waals surface area (Å²) in [6, 6.07) is 9.51. The molecular weight excluding hydrogens is 226 g/mol. The van der Waals surface area contributed by atoms with Gasteiger partial charge in [-0.15, -0.1) is 0 Å². The quantitative estimate of drug-likeness (QED) is 0.766. The molecule has 4 nitrogen and oxygen atoms in total. The molecule has 1 heterocycles. The highest BCUT2D eigenvalue weighted by Crippen LogP contribution is 2.34. The molecule has 1 aromatic heterocycles. The van der Waals surface area contributed by atoms with Crippen molar-refractivity contribution < 1.29 is 4.79 Å². The van der Waals surface area contributed by atoms with Gasteiger partial charge in [0.05, 0.1) is 23.2 Å². The van der Waals surface area contributed by atoms with E-state index >= 15 is 0 Å². The lowest BCUT2D eigenvalue weighted by Crippen LogP contribution is -2.35. The molecule has 0 saturated heterocycles. The number of hydrogen-bond donors (Lipinski definition) is 0. The summed E-state index contributed by atoms with van der Waals surface area (Å²) in [6.07, 6.45) is 3.02. The first-order valence-corrected chi connectivity index (χ1v) is 5.84. The van der Waals surface area contributed by atoms with Gasteiger partial charge in [-0.3, -0.25) is 9.78 Å². The Labute approximate surface area is 107 Å². The number of Topliss-reactive ketones (excluding diaryl/α,β-unsaturated/α-hetero) is 1. The summed E-state index contributed by atoms with van der Waals surface area (Å²) in [5.41, 5.74) is -0.143. The van der Waals surface area contributed by atoms with Crippen molar-refractivity contribution in [2.75, 3.05) is 0 Å². The van der Waals surface area contributed by atoms with Crippen LogP contribution in [0.1, 0.15) is 38.3 Å². The average Bonchev–Trinajstić information content (AvgIpc) is 2.40. The molecule has 18 heavy (non-hydrogen) atoms. The van der Waals surface area contributed by atoms with Crippen molar-refractivity contribution in [2.45, 2.75) is 38.0 Å². The number of aromatic nitrogens is 1. The molecule has 0 aliphatic rings. The first-order chi connectivity index (χ1) is 8.67. The largest absolute Gasteiger partial charge is 0.299 e. The number of pyridine rings is 1. The molecule has 1 rings (SSSR count). The average molecular weight is 241 g/mol. The van der Waals surface area contributed by atoms with Crippen LogP contribution in [0.3, 0.4) is 0 Å². The lowest BCUT2D eigenvalue weighted by atomic mass is 9.73. The predicted octanol–water partition coefficient (Wildman–Crippen LogP) is 2.52. The van der Waals surface area contributed by atoms with Gasteiger partial charge in [-0.1, -0.05) is 6.07 Å². The van der Waals surface area contributed by atoms with Crippen molar-refractivity contribution >= 4 is 5.78 Å². The zero-order chi connectivity index (χ0) is 13.4. The van der Waals surface area contributed by atoms with Crippen LogP contribution in [0.25, 0.3) is 0 Å². The summed E-state index contributed by atoms with van der Waals surface area (Å²) < 4.78 is 0. The molecule has 4 heteroatoms. The van der Waals surface area contributed by atoms with Gasteiger partial charge in [0.1, 0.15) is 5.78 Å². The molecule has 1 aromatic rings. The van der Waals surface area contributed by atoms with E-state index in [9.17, 15) is 4.79 Å². The normalized spacial score (nSPS) is 10.4. The van der Waals surface area contributed by atoms with Crippen LogP contribution in [-0.4, -0.2) is 10.8 Å². The topological polar surface area (TPSA) is 77.5 Å². The maximum absolute atomic E-state index is 12.0. The third-order valence-electron chi connectivity index (χ3n) is 3.16. The molecule has 0 N–H and O–H groups in total. The van der Waals surface area contributed by atoms with Crippen LogP contribution in [-0.2, 0) is 10.2 Å². The minimum Gasteiger partial charge on any atom is -0.299 e. The van der Waals surface area contributed by atoms with Crippen molar-refractivity contribution in [3.05, 3.63) is 30.1 Å². The van der Waals surface area contributed by atoms with Crippen LogP contribution in [0.2, 0.25) is 0 Å². The summed E-state index contributed by atoms with van der Waals surface area (Å²) in [6.45, 7) is 1.50. The van der Waals surface area contributed by atoms with Crippen LogP contribution in [0.5, 0.6) is 0 Å². The number of ketones is 1. The van der Waals surface area contributed by atoms with Crippen molar-refractivity contribution in [1.29, 1.82) is 10.5 Å². The van der Waals surface area contributed by atoms with Crippen molar-refractivity contribution in [3.8, 4) is 12.1 Å². The van der Waals surface area contributed by atoms with Crippen LogP contribution in [0.4, 0.5) is 0 Å². The highest BCUT2D eigenvalue weighted by atomic mass is 16.1. The van der Waals surface area contributed by atoms with Crippen molar-refractivity contribution in [3.63, 3.8) is 0 Å². The van der Waals surface area contributed by atoms with Gasteiger partial charge in [0, 0.05) is 19.0 Å². The molecule has 92 valence electrons. The lowest BCUT2D eigenvalue weighted by molar-refractivity contribution is -0.123. The van der Waals surface area contributed by atoms with E-state index in [1.165, 1.54) is 6.92 Å². The maximum atomic E-state index is 12.0. The van der Waals surface area contributed by atoms with Crippen LogP contribution >= 0.6 is 0 Å². The molecule has 0 radical (unpaired) electrons. The molecule has 0 aliphatic heterocycles. The summed E-state index contributed by atoms with van der Waals surface area (Å²) in [5, 5.41) is 17.5. The molecular formula is C14H15N3O. The monoisotopic (exact) mass is 241 g/mol. The Morgan fingerprint density at radius 3 is 2.28 bits per heavy atom. The third-order valence-corrected chi connectivity index (χ3v) is 3.16. The Morgan fingerprint density at radius 2 is 1.89 bits per heavy atom. The fourth-order valence-electron chi connectivity index (χ4n) is 2.10. The van der Waals surface area contributed by atoms with Crippen LogP contribution < -0.4 is 0 Å². The Hall–Kier alpha value is -2.20. The summed E-state index contributed by atoms with van der Waals surface area (Å²) in [5.74, 6) is -0.0355. The maximum Gasteiger partial charge on any atom is 0.141 e. The first-order valence-electron chi connectivity index (χ1n) is 5.84. The summed E-state index contributed by atoms with van der Waals surface area (Å²) >= 11 is 0. The van der Waals surface area contributed by atoms with Crippen molar-refractivity contribution in [2.24, 2.45) is 0 Å². The fraction of sp³-hybridized carbons (Fsp3) is 0.429. The number of hydrogen-bond acceptors (Lipinski definition) is 4. The fourth-order valence-corrected chi connectivity index (χ4v) is 2.10. The van der Waals surface area contributed by atoms with E-state index < -0.39 is 5.41 Å². The number of carbonyl (C=O) groups is 1. The zero-order valence-corrected chi connectivity index (χ0v) is 10.4. The van der Waals surface area contributed by atoms with Gasteiger partial charge in [-0.25, -0.2) is 0 Å². The highest BCUT2D eigenvalue weighted by Gasteiger charge is 2.37. The van der Waals surface area contributed by atoms with Gasteiger partial charge in [0.15, 0.2) is 0 Å². The van der Waals surface area contributed by atoms with Crippen molar-refractivity contribution in [1.82, 2.24) is 4.98 Å². The van der Waals surface area contributed by atoms with Gasteiger partial charge >= 0.3 is 0 Å². The van der Waals surface area contributed by atoms with Gasteiger partial charge in [-0.2, -0.15) is 10.5 Å². The Morgan fingerprint density at radius 1 is 1.28 bits per heavy atom. The molecule has 0 fully saturated rings. The van der Waals surface area contributed by atoms with Gasteiger partial charge in [0.25, 0.3) is 0 Å². The molecule has 0 saturated carbocycles. The molecule has 0 aromatic carbocycles. The zero-order valence-electron chi connectivity index (χ0n) is 10.4. The van der Waals surface area contributed by atoms with E-state index in [-0.39, 0.29) is 18.6 Å². The molecule has 0 atom stereocenters. The van der Waals surface area contributed by atoms with E-state index in [2.05, 4.69) is 17.1 Å². The van der Waals surface area contributed by atoms with Gasteiger partial charge < -0.3 is 0 Å². The third kappa shape index (κ3) is 2.93. The number of carbonyl (C=O) groups excluding carboxylic acids is 1. The standard InChI is InChI=1S/C14H15N3O/c1-12(18)14(7-4-9-15,8-5-10-16)13-6-2-3-11-17-13/h2-3,6,11H,4-5,7-8H2,1H3. The van der Waals surface area contributed by atoms with Gasteiger partial charge in [-0.05, 0) is 31.9 Å². The number of nitrogens with zero attached hydrogens (tertiary/aromatic N) is 3. The molecule has 0 spiro atoms. The Kier molecular flexibility index (Phi) is 5.02. The van der Waals surface area contributed by atoms with E-state index in [0.717, 1.165) is 0 Å². The summed E-state index contributed by atoms with van der Waals surface area (Å²) in [7, 11) is 0. The smallest absolute Gasteiger partial charge is 0.141 e. The molecule has 0 amide bonds. The predicted molar refractivity (Wildman–Crippen MR) is 66.3 cm³/mol. The van der Waals surface area contributed by atoms with Crippen LogP contribution in [0, 0.1) is 22.7 Å². The molecule has 0 aliphatic carbocycles. The Balaban J connectivity index is 3.17. The molecule has 0 unspecified atom stereocenters.